The van der Waals surface area contributed by atoms with Crippen molar-refractivity contribution in [2.45, 2.75) is 6.92 Å². The van der Waals surface area contributed by atoms with E-state index in [-0.39, 0.29) is 5.75 Å². The molecule has 3 nitrogen and oxygen atoms in total. The molecule has 0 unspecified atom stereocenters. The summed E-state index contributed by atoms with van der Waals surface area (Å²) in [5.41, 5.74) is 4.18. The van der Waals surface area contributed by atoms with Gasteiger partial charge in [0.15, 0.2) is 0 Å². The van der Waals surface area contributed by atoms with Crippen LogP contribution in [0, 0.1) is 6.92 Å². The van der Waals surface area contributed by atoms with Crippen LogP contribution in [0.5, 0.6) is 5.75 Å². The summed E-state index contributed by atoms with van der Waals surface area (Å²) in [5.74, 6) is -0.00620. The second kappa shape index (κ2) is 5.78. The van der Waals surface area contributed by atoms with Crippen LogP contribution in [0.2, 0.25) is 0 Å². The Morgan fingerprint density at radius 2 is 1.46 bits per heavy atom. The molecule has 1 heterocycles. The molecule has 0 radical (unpaired) electrons. The zero-order valence-corrected chi connectivity index (χ0v) is 13.3. The fourth-order valence-corrected chi connectivity index (χ4v) is 2.86. The molecule has 0 fully saturated rings. The molecule has 0 aliphatic carbocycles. The number of rotatable bonds is 2. The Bertz CT molecular complexity index is 1010. The van der Waals surface area contributed by atoms with Gasteiger partial charge in [0.2, 0.25) is 11.4 Å². The minimum absolute atomic E-state index is 0.00620. The molecule has 116 valence electrons. The molecule has 1 aromatic heterocycles. The lowest BCUT2D eigenvalue weighted by Gasteiger charge is -2.14. The van der Waals surface area contributed by atoms with Crippen LogP contribution < -0.4 is 9.79 Å². The number of para-hydroxylation sites is 1. The summed E-state index contributed by atoms with van der Waals surface area (Å²) in [6.45, 7) is 2.03. The molecule has 0 amide bonds. The van der Waals surface area contributed by atoms with Gasteiger partial charge in [0, 0.05) is 28.2 Å². The van der Waals surface area contributed by atoms with Crippen LogP contribution >= 0.6 is 0 Å². The number of nitrogens with zero attached hydrogens (tertiary/aromatic N) is 2. The largest absolute Gasteiger partial charge is 0.867 e. The van der Waals surface area contributed by atoms with Gasteiger partial charge in [0.1, 0.15) is 5.52 Å². The zero-order chi connectivity index (χ0) is 16.5. The predicted octanol–water partition coefficient (Wildman–Crippen LogP) is 3.56. The summed E-state index contributed by atoms with van der Waals surface area (Å²) in [7, 11) is 0. The first-order valence-electron chi connectivity index (χ1n) is 7.88. The van der Waals surface area contributed by atoms with E-state index < -0.39 is 0 Å². The summed E-state index contributed by atoms with van der Waals surface area (Å²) in [6.07, 6.45) is 0. The number of benzene rings is 3. The quantitative estimate of drug-likeness (QED) is 0.531. The Hall–Kier alpha value is -3.20. The molecule has 0 saturated carbocycles. The highest BCUT2D eigenvalue weighted by molar-refractivity contribution is 5.88. The van der Waals surface area contributed by atoms with Crippen molar-refractivity contribution in [1.82, 2.24) is 5.10 Å². The van der Waals surface area contributed by atoms with Gasteiger partial charge in [0.05, 0.1) is 0 Å². The van der Waals surface area contributed by atoms with Crippen molar-refractivity contribution in [2.75, 3.05) is 0 Å². The first-order chi connectivity index (χ1) is 11.7. The Morgan fingerprint density at radius 1 is 0.792 bits per heavy atom. The SMILES string of the molecule is Cc1ccc(-c2c([O-])c3ccccc3n[n+]2-c2ccccc2)cc1. The highest BCUT2D eigenvalue weighted by Crippen LogP contribution is 2.30. The monoisotopic (exact) mass is 312 g/mol. The summed E-state index contributed by atoms with van der Waals surface area (Å²) in [4.78, 5) is 0. The lowest BCUT2D eigenvalue weighted by molar-refractivity contribution is -0.648. The van der Waals surface area contributed by atoms with Crippen LogP contribution in [0.4, 0.5) is 0 Å². The Labute approximate surface area is 140 Å². The van der Waals surface area contributed by atoms with Gasteiger partial charge in [-0.2, -0.15) is 0 Å². The average Bonchev–Trinajstić information content (AvgIpc) is 2.63. The molecule has 0 aliphatic heterocycles. The van der Waals surface area contributed by atoms with E-state index in [1.54, 1.807) is 4.68 Å². The number of hydrogen-bond acceptors (Lipinski definition) is 2. The van der Waals surface area contributed by atoms with E-state index in [0.29, 0.717) is 16.6 Å². The summed E-state index contributed by atoms with van der Waals surface area (Å²) in [5, 5.41) is 18.5. The average molecular weight is 312 g/mol. The number of fused-ring (bicyclic) bond motifs is 1. The van der Waals surface area contributed by atoms with Crippen LogP contribution in [-0.4, -0.2) is 5.10 Å². The van der Waals surface area contributed by atoms with Gasteiger partial charge in [-0.05, 0) is 35.6 Å². The molecular formula is C21H16N2O. The summed E-state index contributed by atoms with van der Waals surface area (Å²) >= 11 is 0. The van der Waals surface area contributed by atoms with Crippen molar-refractivity contribution in [3.63, 3.8) is 0 Å². The van der Waals surface area contributed by atoms with Crippen molar-refractivity contribution in [2.24, 2.45) is 0 Å². The maximum atomic E-state index is 13.1. The van der Waals surface area contributed by atoms with E-state index in [0.717, 1.165) is 16.8 Å². The Balaban J connectivity index is 2.09. The fraction of sp³-hybridized carbons (Fsp3) is 0.0476. The predicted molar refractivity (Wildman–Crippen MR) is 92.9 cm³/mol. The van der Waals surface area contributed by atoms with Gasteiger partial charge in [-0.25, -0.2) is 0 Å². The number of hydrogen-bond donors (Lipinski definition) is 0. The van der Waals surface area contributed by atoms with Gasteiger partial charge in [-0.1, -0.05) is 54.1 Å². The molecule has 24 heavy (non-hydrogen) atoms. The summed E-state index contributed by atoms with van der Waals surface area (Å²) in [6, 6.07) is 25.2. The lowest BCUT2D eigenvalue weighted by Crippen LogP contribution is -2.38. The zero-order valence-electron chi connectivity index (χ0n) is 13.3. The molecule has 0 saturated heterocycles. The minimum Gasteiger partial charge on any atom is -0.867 e. The van der Waals surface area contributed by atoms with Crippen molar-refractivity contribution in [1.29, 1.82) is 0 Å². The van der Waals surface area contributed by atoms with Crippen molar-refractivity contribution in [3.8, 4) is 22.7 Å². The second-order valence-corrected chi connectivity index (χ2v) is 5.81. The van der Waals surface area contributed by atoms with E-state index in [1.165, 1.54) is 0 Å². The van der Waals surface area contributed by atoms with E-state index in [1.807, 2.05) is 85.8 Å². The van der Waals surface area contributed by atoms with E-state index >= 15 is 0 Å². The van der Waals surface area contributed by atoms with Crippen LogP contribution in [0.3, 0.4) is 0 Å². The molecule has 0 atom stereocenters. The minimum atomic E-state index is -0.00620. The third-order valence-electron chi connectivity index (χ3n) is 4.11. The van der Waals surface area contributed by atoms with Crippen LogP contribution in [-0.2, 0) is 0 Å². The highest BCUT2D eigenvalue weighted by Gasteiger charge is 2.21. The molecule has 0 N–H and O–H groups in total. The maximum absolute atomic E-state index is 13.1. The Morgan fingerprint density at radius 3 is 2.21 bits per heavy atom. The molecule has 0 aliphatic rings. The van der Waals surface area contributed by atoms with E-state index in [9.17, 15) is 5.11 Å². The number of aromatic nitrogens is 2. The van der Waals surface area contributed by atoms with Crippen molar-refractivity contribution in [3.05, 3.63) is 84.4 Å². The molecule has 0 spiro atoms. The third kappa shape index (κ3) is 2.40. The summed E-state index contributed by atoms with van der Waals surface area (Å²) < 4.78 is 1.75. The van der Waals surface area contributed by atoms with Gasteiger partial charge in [-0.15, -0.1) is 0 Å². The molecule has 0 bridgehead atoms. The van der Waals surface area contributed by atoms with Crippen molar-refractivity contribution >= 4 is 10.9 Å². The van der Waals surface area contributed by atoms with Crippen LogP contribution in [0.15, 0.2) is 78.9 Å². The van der Waals surface area contributed by atoms with Crippen LogP contribution in [0.25, 0.3) is 27.8 Å². The normalized spacial score (nSPS) is 10.9. The van der Waals surface area contributed by atoms with Crippen LogP contribution in [0.1, 0.15) is 5.56 Å². The topological polar surface area (TPSA) is 39.8 Å². The lowest BCUT2D eigenvalue weighted by atomic mass is 10.1. The standard InChI is InChI=1S/C21H16N2O/c1-15-11-13-16(14-12-15)20-21(24)18-9-5-6-10-19(18)22-23(20)17-7-3-2-4-8-17/h2-14H,1H3. The second-order valence-electron chi connectivity index (χ2n) is 5.81. The Kier molecular flexibility index (Phi) is 3.47. The number of aryl methyl sites for hydroxylation is 1. The maximum Gasteiger partial charge on any atom is 0.238 e. The van der Waals surface area contributed by atoms with Gasteiger partial charge < -0.3 is 5.11 Å². The molecule has 4 aromatic rings. The van der Waals surface area contributed by atoms with Gasteiger partial charge in [-0.3, -0.25) is 0 Å². The van der Waals surface area contributed by atoms with Gasteiger partial charge >= 0.3 is 0 Å². The molecule has 3 aromatic carbocycles. The highest BCUT2D eigenvalue weighted by atomic mass is 16.3. The molecule has 4 rings (SSSR count). The third-order valence-corrected chi connectivity index (χ3v) is 4.11. The van der Waals surface area contributed by atoms with E-state index in [4.69, 9.17) is 5.10 Å². The fourth-order valence-electron chi connectivity index (χ4n) is 2.86. The van der Waals surface area contributed by atoms with Gasteiger partial charge in [0.25, 0.3) is 0 Å². The first-order valence-corrected chi connectivity index (χ1v) is 7.88. The smallest absolute Gasteiger partial charge is 0.238 e. The first kappa shape index (κ1) is 14.4. The molecule has 3 heteroatoms. The van der Waals surface area contributed by atoms with E-state index in [2.05, 4.69) is 0 Å². The van der Waals surface area contributed by atoms with Crippen molar-refractivity contribution < 1.29 is 9.79 Å². The molecular weight excluding hydrogens is 296 g/mol.